The maximum Gasteiger partial charge on any atom is 0.123 e. The third-order valence-corrected chi connectivity index (χ3v) is 1.92. The van der Waals surface area contributed by atoms with Crippen LogP contribution in [0, 0.1) is 6.92 Å². The highest BCUT2D eigenvalue weighted by atomic mass is 16.3. The van der Waals surface area contributed by atoms with Crippen molar-refractivity contribution in [2.75, 3.05) is 0 Å². The first-order chi connectivity index (χ1) is 5.75. The Hall–Kier alpha value is -1.02. The molecule has 0 saturated carbocycles. The quantitative estimate of drug-likeness (QED) is 0.696. The normalized spacial score (nSPS) is 12.8. The van der Waals surface area contributed by atoms with Gasteiger partial charge in [-0.2, -0.15) is 0 Å². The van der Waals surface area contributed by atoms with Crippen molar-refractivity contribution in [1.29, 1.82) is 0 Å². The molecule has 1 heterocycles. The van der Waals surface area contributed by atoms with Gasteiger partial charge in [-0.1, -0.05) is 6.08 Å². The van der Waals surface area contributed by atoms with Gasteiger partial charge < -0.3 is 10.2 Å². The zero-order valence-electron chi connectivity index (χ0n) is 7.42. The molecule has 0 fully saturated rings. The van der Waals surface area contributed by atoms with Gasteiger partial charge in [0.15, 0.2) is 0 Å². The van der Waals surface area contributed by atoms with Crippen molar-refractivity contribution in [2.24, 2.45) is 5.73 Å². The van der Waals surface area contributed by atoms with Crippen LogP contribution in [-0.4, -0.2) is 0 Å². The van der Waals surface area contributed by atoms with Gasteiger partial charge in [0.05, 0.1) is 12.3 Å². The van der Waals surface area contributed by atoms with E-state index in [0.717, 1.165) is 24.2 Å². The Balaban J connectivity index is 2.58. The van der Waals surface area contributed by atoms with Gasteiger partial charge in [-0.15, -0.1) is 6.58 Å². The molecule has 1 aromatic heterocycles. The van der Waals surface area contributed by atoms with Crippen LogP contribution >= 0.6 is 0 Å². The molecule has 0 spiro atoms. The summed E-state index contributed by atoms with van der Waals surface area (Å²) in [6.45, 7) is 5.66. The summed E-state index contributed by atoms with van der Waals surface area (Å²) in [7, 11) is 0. The number of nitrogens with two attached hydrogens (primary N) is 1. The van der Waals surface area contributed by atoms with Crippen LogP contribution in [0.1, 0.15) is 30.2 Å². The van der Waals surface area contributed by atoms with Crippen molar-refractivity contribution in [3.63, 3.8) is 0 Å². The Labute approximate surface area is 73.1 Å². The van der Waals surface area contributed by atoms with Crippen molar-refractivity contribution in [3.8, 4) is 0 Å². The molecule has 0 aliphatic carbocycles. The molecule has 0 aliphatic rings. The summed E-state index contributed by atoms with van der Waals surface area (Å²) >= 11 is 0. The Morgan fingerprint density at radius 2 is 2.50 bits per heavy atom. The fraction of sp³-hybridized carbons (Fsp3) is 0.400. The predicted octanol–water partition coefficient (Wildman–Crippen LogP) is 2.55. The number of furan rings is 1. The van der Waals surface area contributed by atoms with Crippen molar-refractivity contribution < 1.29 is 4.42 Å². The van der Waals surface area contributed by atoms with E-state index >= 15 is 0 Å². The second-order valence-electron chi connectivity index (χ2n) is 2.94. The summed E-state index contributed by atoms with van der Waals surface area (Å²) in [6.07, 6.45) is 5.38. The predicted molar refractivity (Wildman–Crippen MR) is 49.8 cm³/mol. The first kappa shape index (κ1) is 9.07. The highest BCUT2D eigenvalue weighted by Crippen LogP contribution is 2.20. The van der Waals surface area contributed by atoms with Crippen LogP contribution in [0.15, 0.2) is 29.4 Å². The van der Waals surface area contributed by atoms with E-state index in [1.54, 1.807) is 6.26 Å². The first-order valence-electron chi connectivity index (χ1n) is 4.16. The molecule has 1 aromatic rings. The van der Waals surface area contributed by atoms with Crippen molar-refractivity contribution in [3.05, 3.63) is 36.3 Å². The third kappa shape index (κ3) is 1.98. The van der Waals surface area contributed by atoms with Gasteiger partial charge in [0.1, 0.15) is 5.76 Å². The zero-order chi connectivity index (χ0) is 8.97. The molecule has 12 heavy (non-hydrogen) atoms. The molecule has 0 bridgehead atoms. The minimum Gasteiger partial charge on any atom is -0.467 e. The van der Waals surface area contributed by atoms with Gasteiger partial charge in [0, 0.05) is 0 Å². The number of rotatable bonds is 4. The van der Waals surface area contributed by atoms with Crippen LogP contribution < -0.4 is 5.73 Å². The van der Waals surface area contributed by atoms with E-state index in [2.05, 4.69) is 6.58 Å². The van der Waals surface area contributed by atoms with Gasteiger partial charge in [-0.25, -0.2) is 0 Å². The van der Waals surface area contributed by atoms with Crippen LogP contribution in [0.3, 0.4) is 0 Å². The van der Waals surface area contributed by atoms with Crippen LogP contribution in [0.25, 0.3) is 0 Å². The SMILES string of the molecule is C=CCCC(N)c1occc1C. The molecule has 0 aromatic carbocycles. The molecule has 1 atom stereocenters. The van der Waals surface area contributed by atoms with Crippen LogP contribution in [0.4, 0.5) is 0 Å². The summed E-state index contributed by atoms with van der Waals surface area (Å²) in [6, 6.07) is 1.95. The van der Waals surface area contributed by atoms with Gasteiger partial charge in [-0.05, 0) is 31.4 Å². The molecule has 2 nitrogen and oxygen atoms in total. The van der Waals surface area contributed by atoms with Crippen molar-refractivity contribution in [1.82, 2.24) is 0 Å². The molecule has 1 rings (SSSR count). The highest BCUT2D eigenvalue weighted by molar-refractivity contribution is 5.17. The summed E-state index contributed by atoms with van der Waals surface area (Å²) in [5.74, 6) is 0.900. The highest BCUT2D eigenvalue weighted by Gasteiger charge is 2.10. The topological polar surface area (TPSA) is 39.2 Å². The fourth-order valence-electron chi connectivity index (χ4n) is 1.19. The van der Waals surface area contributed by atoms with Crippen molar-refractivity contribution in [2.45, 2.75) is 25.8 Å². The lowest BCUT2D eigenvalue weighted by molar-refractivity contribution is 0.451. The molecule has 0 radical (unpaired) electrons. The Kier molecular flexibility index (Phi) is 3.11. The van der Waals surface area contributed by atoms with Crippen LogP contribution in [0.2, 0.25) is 0 Å². The van der Waals surface area contributed by atoms with E-state index in [9.17, 15) is 0 Å². The van der Waals surface area contributed by atoms with E-state index in [4.69, 9.17) is 10.2 Å². The Morgan fingerprint density at radius 1 is 1.75 bits per heavy atom. The molecular weight excluding hydrogens is 150 g/mol. The largest absolute Gasteiger partial charge is 0.467 e. The smallest absolute Gasteiger partial charge is 0.123 e. The van der Waals surface area contributed by atoms with Crippen LogP contribution in [-0.2, 0) is 0 Å². The number of hydrogen-bond acceptors (Lipinski definition) is 2. The lowest BCUT2D eigenvalue weighted by Gasteiger charge is -2.07. The van der Waals surface area contributed by atoms with Gasteiger partial charge >= 0.3 is 0 Å². The molecule has 66 valence electrons. The van der Waals surface area contributed by atoms with Gasteiger partial charge in [0.25, 0.3) is 0 Å². The number of aryl methyl sites for hydroxylation is 1. The molecular formula is C10H15NO. The molecule has 1 unspecified atom stereocenters. The lowest BCUT2D eigenvalue weighted by atomic mass is 10.1. The summed E-state index contributed by atoms with van der Waals surface area (Å²) in [5.41, 5.74) is 7.02. The van der Waals surface area contributed by atoms with Gasteiger partial charge in [-0.3, -0.25) is 0 Å². The van der Waals surface area contributed by atoms with Crippen molar-refractivity contribution >= 4 is 0 Å². The second kappa shape index (κ2) is 4.12. The standard InChI is InChI=1S/C10H15NO/c1-3-4-5-9(11)10-8(2)6-7-12-10/h3,6-7,9H,1,4-5,11H2,2H3. The van der Waals surface area contributed by atoms with E-state index in [1.165, 1.54) is 0 Å². The average molecular weight is 165 g/mol. The minimum atomic E-state index is 0.0120. The lowest BCUT2D eigenvalue weighted by Crippen LogP contribution is -2.09. The summed E-state index contributed by atoms with van der Waals surface area (Å²) in [4.78, 5) is 0. The second-order valence-corrected chi connectivity index (χ2v) is 2.94. The first-order valence-corrected chi connectivity index (χ1v) is 4.16. The molecule has 0 amide bonds. The zero-order valence-corrected chi connectivity index (χ0v) is 7.42. The molecule has 0 aliphatic heterocycles. The van der Waals surface area contributed by atoms with Crippen LogP contribution in [0.5, 0.6) is 0 Å². The Morgan fingerprint density at radius 3 is 3.00 bits per heavy atom. The average Bonchev–Trinajstić information content (AvgIpc) is 2.47. The number of hydrogen-bond donors (Lipinski definition) is 1. The monoisotopic (exact) mass is 165 g/mol. The van der Waals surface area contributed by atoms with E-state index in [0.29, 0.717) is 0 Å². The minimum absolute atomic E-state index is 0.0120. The summed E-state index contributed by atoms with van der Waals surface area (Å²) in [5, 5.41) is 0. The maximum atomic E-state index is 5.88. The molecule has 2 N–H and O–H groups in total. The third-order valence-electron chi connectivity index (χ3n) is 1.92. The molecule has 0 saturated heterocycles. The number of allylic oxidation sites excluding steroid dienone is 1. The van der Waals surface area contributed by atoms with E-state index < -0.39 is 0 Å². The molecule has 2 heteroatoms. The fourth-order valence-corrected chi connectivity index (χ4v) is 1.19. The van der Waals surface area contributed by atoms with E-state index in [-0.39, 0.29) is 6.04 Å². The van der Waals surface area contributed by atoms with E-state index in [1.807, 2.05) is 19.1 Å². The van der Waals surface area contributed by atoms with Gasteiger partial charge in [0.2, 0.25) is 0 Å². The maximum absolute atomic E-state index is 5.88. The summed E-state index contributed by atoms with van der Waals surface area (Å²) < 4.78 is 5.26. The Bertz CT molecular complexity index is 252.